The largest absolute Gasteiger partial charge is 1.00 e. The number of allylic oxidation sites excluding steroid dienone is 4. The van der Waals surface area contributed by atoms with Crippen LogP contribution in [0.15, 0.2) is 222 Å². The number of rotatable bonds is 10. The molecular formula is C69H63Cl3SiTi. The Morgan fingerprint density at radius 3 is 0.662 bits per heavy atom. The van der Waals surface area contributed by atoms with Crippen LogP contribution in [0.3, 0.4) is 0 Å². The molecule has 0 saturated heterocycles. The second-order valence-corrected chi connectivity index (χ2v) is 25.7. The predicted molar refractivity (Wildman–Crippen MR) is 304 cm³/mol. The minimum Gasteiger partial charge on any atom is -1.00 e. The van der Waals surface area contributed by atoms with E-state index in [1.165, 1.54) is 138 Å². The van der Waals surface area contributed by atoms with Crippen LogP contribution in [-0.2, 0) is 20.4 Å². The molecule has 9 aromatic rings. The van der Waals surface area contributed by atoms with Crippen molar-refractivity contribution in [3.05, 3.63) is 256 Å². The van der Waals surface area contributed by atoms with E-state index in [0.29, 0.717) is 0 Å². The topological polar surface area (TPSA) is 0 Å². The van der Waals surface area contributed by atoms with Crippen LogP contribution in [0.25, 0.3) is 66.8 Å². The molecule has 0 bridgehead atoms. The summed E-state index contributed by atoms with van der Waals surface area (Å²) in [6, 6.07) is 75.2. The van der Waals surface area contributed by atoms with Gasteiger partial charge in [-0.25, -0.2) is 0 Å². The van der Waals surface area contributed by atoms with Gasteiger partial charge in [-0.15, -0.1) is 0 Å². The van der Waals surface area contributed by atoms with Crippen LogP contribution in [0.5, 0.6) is 0 Å². The SMILES string of the molecule is CC1=C(C)[C]([Ti+3])([Si](c2c(-c3ccccc3)cc(-c3ccccc3)c(C)c2C)(c2c(-c3ccccc3)cc(-c3ccccc3)c(C)c2C)c2c(-c3ccccc3)cc(-c3ccccc3)c(C)c2C)C(C)=C1C.[Cl-].[Cl-].[Cl-]. The fraction of sp³-hybridized carbons (Fsp3) is 0.159. The van der Waals surface area contributed by atoms with E-state index in [0.717, 1.165) is 0 Å². The Labute approximate surface area is 472 Å². The Hall–Kier alpha value is -5.74. The van der Waals surface area contributed by atoms with E-state index in [1.807, 2.05) is 0 Å². The molecule has 9 aromatic carbocycles. The molecular weight excluding hydrogens is 1010 g/mol. The molecule has 1 aliphatic rings. The minimum absolute atomic E-state index is 0. The van der Waals surface area contributed by atoms with Gasteiger partial charge in [0.15, 0.2) is 0 Å². The molecule has 5 heteroatoms. The average Bonchev–Trinajstić information content (AvgIpc) is 3.56. The van der Waals surface area contributed by atoms with Crippen molar-refractivity contribution < 1.29 is 57.7 Å². The van der Waals surface area contributed by atoms with Gasteiger partial charge in [0.05, 0.1) is 0 Å². The Morgan fingerprint density at radius 1 is 0.270 bits per heavy atom. The van der Waals surface area contributed by atoms with E-state index in [4.69, 9.17) is 0 Å². The fourth-order valence-corrected chi connectivity index (χ4v) is 22.2. The van der Waals surface area contributed by atoms with Gasteiger partial charge in [0.25, 0.3) is 0 Å². The monoisotopic (exact) mass is 1070 g/mol. The van der Waals surface area contributed by atoms with E-state index < -0.39 is 11.4 Å². The maximum Gasteiger partial charge on any atom is -1.00 e. The second-order valence-electron chi connectivity index (χ2n) is 20.0. The van der Waals surface area contributed by atoms with Gasteiger partial charge >= 0.3 is 439 Å². The van der Waals surface area contributed by atoms with Crippen molar-refractivity contribution in [2.75, 3.05) is 0 Å². The second kappa shape index (κ2) is 22.6. The number of hydrogen-bond donors (Lipinski definition) is 0. The summed E-state index contributed by atoms with van der Waals surface area (Å²) >= 11 is 2.68. The summed E-state index contributed by atoms with van der Waals surface area (Å²) in [5.74, 6) is 0. The Balaban J connectivity index is 0.00000267. The predicted octanol–water partition coefficient (Wildman–Crippen LogP) is 7.95. The first-order valence-electron chi connectivity index (χ1n) is 25.2. The molecule has 10 rings (SSSR count). The summed E-state index contributed by atoms with van der Waals surface area (Å²) in [6.07, 6.45) is 0. The molecule has 1 aliphatic carbocycles. The van der Waals surface area contributed by atoms with Gasteiger partial charge in [-0.05, 0) is 0 Å². The first-order valence-corrected chi connectivity index (χ1v) is 28.0. The van der Waals surface area contributed by atoms with Gasteiger partial charge in [-0.2, -0.15) is 0 Å². The van der Waals surface area contributed by atoms with Gasteiger partial charge in [0.2, 0.25) is 0 Å². The van der Waals surface area contributed by atoms with E-state index in [1.54, 1.807) is 0 Å². The summed E-state index contributed by atoms with van der Waals surface area (Å²) in [5.41, 5.74) is 29.1. The molecule has 0 unspecified atom stereocenters. The van der Waals surface area contributed by atoms with E-state index in [2.05, 4.69) is 290 Å². The molecule has 0 aliphatic heterocycles. The molecule has 0 atom stereocenters. The van der Waals surface area contributed by atoms with E-state index in [-0.39, 0.29) is 37.2 Å². The molecule has 368 valence electrons. The van der Waals surface area contributed by atoms with Crippen LogP contribution in [-0.4, -0.2) is 8.07 Å². The van der Waals surface area contributed by atoms with Crippen LogP contribution in [0.4, 0.5) is 0 Å². The van der Waals surface area contributed by atoms with Crippen LogP contribution in [0.1, 0.15) is 61.1 Å². The normalized spacial score (nSPS) is 13.0. The van der Waals surface area contributed by atoms with Crippen molar-refractivity contribution in [2.24, 2.45) is 0 Å². The zero-order valence-corrected chi connectivity index (χ0v) is 49.0. The van der Waals surface area contributed by atoms with Crippen molar-refractivity contribution in [3.63, 3.8) is 0 Å². The van der Waals surface area contributed by atoms with Gasteiger partial charge in [-0.3, -0.25) is 0 Å². The van der Waals surface area contributed by atoms with Gasteiger partial charge in [0, 0.05) is 0 Å². The number of benzene rings is 9. The van der Waals surface area contributed by atoms with Gasteiger partial charge in [0.1, 0.15) is 0 Å². The average molecular weight is 1070 g/mol. The zero-order valence-electron chi connectivity index (χ0n) is 44.2. The molecule has 0 saturated carbocycles. The first-order chi connectivity index (χ1) is 34.3. The molecule has 0 radical (unpaired) electrons. The fourth-order valence-electron chi connectivity index (χ4n) is 12.4. The zero-order chi connectivity index (χ0) is 49.8. The van der Waals surface area contributed by atoms with Gasteiger partial charge in [-0.1, -0.05) is 0 Å². The van der Waals surface area contributed by atoms with Crippen molar-refractivity contribution in [2.45, 2.75) is 72.6 Å². The number of halogens is 3. The summed E-state index contributed by atoms with van der Waals surface area (Å²) in [5, 5.41) is 4.47. The molecule has 0 heterocycles. The van der Waals surface area contributed by atoms with Crippen molar-refractivity contribution in [1.29, 1.82) is 0 Å². The van der Waals surface area contributed by atoms with Crippen LogP contribution < -0.4 is 52.8 Å². The quantitative estimate of drug-likeness (QED) is 0.0965. The maximum absolute atomic E-state index is 3.72. The molecule has 0 amide bonds. The van der Waals surface area contributed by atoms with E-state index in [9.17, 15) is 0 Å². The summed E-state index contributed by atoms with van der Waals surface area (Å²) in [7, 11) is -3.72. The third kappa shape index (κ3) is 8.98. The third-order valence-electron chi connectivity index (χ3n) is 16.7. The smallest absolute Gasteiger partial charge is 1.00 e. The Bertz CT molecular complexity index is 3190. The minimum atomic E-state index is -3.72. The number of hydrogen-bond acceptors (Lipinski definition) is 0. The molecule has 0 N–H and O–H groups in total. The van der Waals surface area contributed by atoms with E-state index >= 15 is 0 Å². The first kappa shape index (κ1) is 56.0. The van der Waals surface area contributed by atoms with Crippen molar-refractivity contribution in [3.8, 4) is 66.8 Å². The molecule has 0 fully saturated rings. The summed E-state index contributed by atoms with van der Waals surface area (Å²) in [4.78, 5) is 0. The van der Waals surface area contributed by atoms with Crippen LogP contribution >= 0.6 is 0 Å². The van der Waals surface area contributed by atoms with Crippen molar-refractivity contribution >= 4 is 23.6 Å². The molecule has 0 aromatic heterocycles. The van der Waals surface area contributed by atoms with Crippen LogP contribution in [0.2, 0.25) is 3.34 Å². The third-order valence-corrected chi connectivity index (χ3v) is 25.7. The Kier molecular flexibility index (Phi) is 17.1. The standard InChI is InChI=1S/C69H63Si.3ClH.Ti/c1-44-45(2)50(7)66(49(44)6)70(67-51(8)46(3)60(54-29-17-11-18-30-54)41-63(67)57-35-23-14-24-36-57,68-52(9)47(4)61(55-31-19-12-20-32-55)42-64(68)58-37-25-15-26-38-58)69-53(10)48(5)62(56-33-21-13-22-34-56)43-65(69)59-39-27-16-28-40-59;;;;/h11-43H,1-10H3;3*1H;/q;;;;+3/p-3. The molecule has 0 nitrogen and oxygen atoms in total. The van der Waals surface area contributed by atoms with Gasteiger partial charge < -0.3 is 37.2 Å². The molecule has 0 spiro atoms. The van der Waals surface area contributed by atoms with Crippen molar-refractivity contribution in [1.82, 2.24) is 0 Å². The summed E-state index contributed by atoms with van der Waals surface area (Å²) < 4.78 is -0.458. The molecule has 74 heavy (non-hydrogen) atoms. The Morgan fingerprint density at radius 2 is 0.459 bits per heavy atom. The maximum atomic E-state index is 2.68. The summed E-state index contributed by atoms with van der Waals surface area (Å²) in [6.45, 7) is 24.4. The van der Waals surface area contributed by atoms with Crippen LogP contribution in [0, 0.1) is 41.5 Å².